The molecule has 3 rings (SSSR count). The Morgan fingerprint density at radius 3 is 2.50 bits per heavy atom. The monoisotopic (exact) mass is 381 g/mol. The Hall–Kier alpha value is -1.76. The second-order valence-corrected chi connectivity index (χ2v) is 5.76. The number of fused-ring (bicyclic) bond motifs is 1. The van der Waals surface area contributed by atoms with Crippen molar-refractivity contribution < 1.29 is 14.0 Å². The van der Waals surface area contributed by atoms with Gasteiger partial charge >= 0.3 is 0 Å². The van der Waals surface area contributed by atoms with E-state index in [-0.39, 0.29) is 24.2 Å². The molecule has 1 aliphatic heterocycles. The summed E-state index contributed by atoms with van der Waals surface area (Å²) < 4.78 is 14.1. The van der Waals surface area contributed by atoms with Gasteiger partial charge in [0.05, 0.1) is 17.7 Å². The van der Waals surface area contributed by atoms with Gasteiger partial charge in [-0.3, -0.25) is 14.5 Å². The Morgan fingerprint density at radius 1 is 1.00 bits per heavy atom. The van der Waals surface area contributed by atoms with Crippen LogP contribution in [0.25, 0.3) is 0 Å². The molecule has 0 N–H and O–H groups in total. The highest BCUT2D eigenvalue weighted by Gasteiger charge is 2.35. The number of carbonyl (C=O) groups excluding carboxylic acids is 2. The van der Waals surface area contributed by atoms with E-state index >= 15 is 0 Å². The molecule has 0 aliphatic carbocycles. The van der Waals surface area contributed by atoms with Crippen molar-refractivity contribution in [2.75, 3.05) is 0 Å². The maximum absolute atomic E-state index is 13.2. The molecule has 0 radical (unpaired) electrons. The van der Waals surface area contributed by atoms with Crippen LogP contribution in [0, 0.1) is 9.39 Å². The lowest BCUT2D eigenvalue weighted by Crippen LogP contribution is -2.29. The molecule has 2 aromatic carbocycles. The molecule has 3 nitrogen and oxygen atoms in total. The summed E-state index contributed by atoms with van der Waals surface area (Å²) in [6.45, 7) is 0.0840. The van der Waals surface area contributed by atoms with Crippen molar-refractivity contribution in [3.63, 3.8) is 0 Å². The average Bonchev–Trinajstić information content (AvgIpc) is 2.64. The number of nitrogens with zero attached hydrogens (tertiary/aromatic N) is 1. The van der Waals surface area contributed by atoms with Gasteiger partial charge in [-0.1, -0.05) is 12.1 Å². The second-order valence-electron chi connectivity index (χ2n) is 4.52. The topological polar surface area (TPSA) is 37.4 Å². The molecule has 5 heteroatoms. The summed E-state index contributed by atoms with van der Waals surface area (Å²) in [6, 6.07) is 11.0. The highest BCUT2D eigenvalue weighted by atomic mass is 127. The molecule has 0 atom stereocenters. The molecule has 1 aliphatic rings. The Balaban J connectivity index is 1.94. The number of carbonyl (C=O) groups is 2. The number of hydrogen-bond acceptors (Lipinski definition) is 2. The third-order valence-corrected chi connectivity index (χ3v) is 3.83. The summed E-state index contributed by atoms with van der Waals surface area (Å²) in [4.78, 5) is 25.6. The van der Waals surface area contributed by atoms with Crippen LogP contribution >= 0.6 is 22.6 Å². The molecule has 0 bridgehead atoms. The molecule has 2 aromatic rings. The SMILES string of the molecule is O=C1c2ccc(I)cc2C(=O)N1Cc1cccc(F)c1. The predicted octanol–water partition coefficient (Wildman–Crippen LogP) is 3.23. The summed E-state index contributed by atoms with van der Waals surface area (Å²) >= 11 is 2.09. The minimum atomic E-state index is -0.381. The van der Waals surface area contributed by atoms with Crippen molar-refractivity contribution in [1.82, 2.24) is 4.90 Å². The first kappa shape index (κ1) is 13.2. The lowest BCUT2D eigenvalue weighted by Gasteiger charge is -2.13. The van der Waals surface area contributed by atoms with Crippen molar-refractivity contribution in [3.8, 4) is 0 Å². The smallest absolute Gasteiger partial charge is 0.261 e. The van der Waals surface area contributed by atoms with E-state index in [0.29, 0.717) is 16.7 Å². The minimum Gasteiger partial charge on any atom is -0.270 e. The fourth-order valence-electron chi connectivity index (χ4n) is 2.22. The zero-order valence-electron chi connectivity index (χ0n) is 10.3. The minimum absolute atomic E-state index is 0.0840. The number of amides is 2. The van der Waals surface area contributed by atoms with Gasteiger partial charge < -0.3 is 0 Å². The van der Waals surface area contributed by atoms with Crippen LogP contribution in [0.2, 0.25) is 0 Å². The molecule has 20 heavy (non-hydrogen) atoms. The predicted molar refractivity (Wildman–Crippen MR) is 79.8 cm³/mol. The van der Waals surface area contributed by atoms with Crippen molar-refractivity contribution in [2.45, 2.75) is 6.54 Å². The Labute approximate surface area is 128 Å². The van der Waals surface area contributed by atoms with Gasteiger partial charge in [-0.25, -0.2) is 4.39 Å². The fraction of sp³-hybridized carbons (Fsp3) is 0.0667. The average molecular weight is 381 g/mol. The van der Waals surface area contributed by atoms with E-state index in [0.717, 1.165) is 8.47 Å². The highest BCUT2D eigenvalue weighted by Crippen LogP contribution is 2.26. The number of halogens is 2. The van der Waals surface area contributed by atoms with Gasteiger partial charge in [-0.05, 0) is 58.5 Å². The van der Waals surface area contributed by atoms with Gasteiger partial charge in [0.2, 0.25) is 0 Å². The van der Waals surface area contributed by atoms with Gasteiger partial charge in [0.1, 0.15) is 5.82 Å². The van der Waals surface area contributed by atoms with E-state index in [1.807, 2.05) is 0 Å². The van der Waals surface area contributed by atoms with Crippen LogP contribution in [-0.2, 0) is 6.54 Å². The van der Waals surface area contributed by atoms with Crippen LogP contribution in [0.1, 0.15) is 26.3 Å². The molecule has 100 valence electrons. The molecule has 0 spiro atoms. The van der Waals surface area contributed by atoms with Crippen LogP contribution in [-0.4, -0.2) is 16.7 Å². The lowest BCUT2D eigenvalue weighted by molar-refractivity contribution is 0.0642. The molecule has 1 heterocycles. The fourth-order valence-corrected chi connectivity index (χ4v) is 2.72. The molecular formula is C15H9FINO2. The van der Waals surface area contributed by atoms with Gasteiger partial charge in [0.15, 0.2) is 0 Å². The normalized spacial score (nSPS) is 13.8. The van der Waals surface area contributed by atoms with Crippen molar-refractivity contribution in [1.29, 1.82) is 0 Å². The zero-order chi connectivity index (χ0) is 14.3. The standard InChI is InChI=1S/C15H9FINO2/c16-10-3-1-2-9(6-10)8-18-14(19)12-5-4-11(17)7-13(12)15(18)20/h1-7H,8H2. The third-order valence-electron chi connectivity index (χ3n) is 3.16. The maximum atomic E-state index is 13.2. The summed E-state index contributed by atoms with van der Waals surface area (Å²) in [5, 5.41) is 0. The van der Waals surface area contributed by atoms with Crippen molar-refractivity contribution in [3.05, 3.63) is 68.5 Å². The Morgan fingerprint density at radius 2 is 1.75 bits per heavy atom. The Bertz CT molecular complexity index is 730. The van der Waals surface area contributed by atoms with Crippen LogP contribution in [0.5, 0.6) is 0 Å². The van der Waals surface area contributed by atoms with Gasteiger partial charge in [0, 0.05) is 3.57 Å². The molecule has 0 saturated carbocycles. The second kappa shape index (κ2) is 4.97. The molecule has 0 fully saturated rings. The largest absolute Gasteiger partial charge is 0.270 e. The molecule has 0 unspecified atom stereocenters. The van der Waals surface area contributed by atoms with E-state index in [2.05, 4.69) is 22.6 Å². The van der Waals surface area contributed by atoms with E-state index in [9.17, 15) is 14.0 Å². The number of imide groups is 1. The van der Waals surface area contributed by atoms with E-state index in [1.165, 1.54) is 12.1 Å². The van der Waals surface area contributed by atoms with E-state index in [4.69, 9.17) is 0 Å². The van der Waals surface area contributed by atoms with Crippen LogP contribution in [0.3, 0.4) is 0 Å². The summed E-state index contributed by atoms with van der Waals surface area (Å²) in [5.41, 5.74) is 1.42. The van der Waals surface area contributed by atoms with Gasteiger partial charge in [-0.15, -0.1) is 0 Å². The van der Waals surface area contributed by atoms with Gasteiger partial charge in [-0.2, -0.15) is 0 Å². The quantitative estimate of drug-likeness (QED) is 0.592. The number of benzene rings is 2. The van der Waals surface area contributed by atoms with E-state index < -0.39 is 0 Å². The first-order valence-corrected chi connectivity index (χ1v) is 7.04. The van der Waals surface area contributed by atoms with Crippen LogP contribution in [0.15, 0.2) is 42.5 Å². The summed E-state index contributed by atoms with van der Waals surface area (Å²) in [6.07, 6.45) is 0. The van der Waals surface area contributed by atoms with Crippen LogP contribution < -0.4 is 0 Å². The highest BCUT2D eigenvalue weighted by molar-refractivity contribution is 14.1. The summed E-state index contributed by atoms with van der Waals surface area (Å²) in [5.74, 6) is -1.04. The van der Waals surface area contributed by atoms with E-state index in [1.54, 1.807) is 30.3 Å². The molecule has 0 saturated heterocycles. The lowest BCUT2D eigenvalue weighted by atomic mass is 10.1. The molecule has 2 amide bonds. The zero-order valence-corrected chi connectivity index (χ0v) is 12.4. The van der Waals surface area contributed by atoms with Crippen molar-refractivity contribution >= 4 is 34.4 Å². The van der Waals surface area contributed by atoms with Crippen LogP contribution in [0.4, 0.5) is 4.39 Å². The van der Waals surface area contributed by atoms with Crippen molar-refractivity contribution in [2.24, 2.45) is 0 Å². The third kappa shape index (κ3) is 2.22. The molecule has 0 aromatic heterocycles. The number of rotatable bonds is 2. The Kier molecular flexibility index (Phi) is 3.29. The first-order valence-electron chi connectivity index (χ1n) is 5.96. The van der Waals surface area contributed by atoms with Gasteiger partial charge in [0.25, 0.3) is 11.8 Å². The maximum Gasteiger partial charge on any atom is 0.261 e. The first-order chi connectivity index (χ1) is 9.56. The molecular weight excluding hydrogens is 372 g/mol. The summed E-state index contributed by atoms with van der Waals surface area (Å²) in [7, 11) is 0. The number of hydrogen-bond donors (Lipinski definition) is 0.